The van der Waals surface area contributed by atoms with E-state index in [0.29, 0.717) is 24.2 Å². The smallest absolute Gasteiger partial charge is 0.225 e. The first-order chi connectivity index (χ1) is 12.1. The van der Waals surface area contributed by atoms with Gasteiger partial charge < -0.3 is 15.1 Å². The van der Waals surface area contributed by atoms with Crippen LogP contribution in [0.4, 0.5) is 0 Å². The van der Waals surface area contributed by atoms with Gasteiger partial charge in [-0.2, -0.15) is 0 Å². The number of nitrogens with zero attached hydrogens (tertiary/aromatic N) is 2. The van der Waals surface area contributed by atoms with Gasteiger partial charge in [-0.25, -0.2) is 0 Å². The van der Waals surface area contributed by atoms with Crippen LogP contribution < -0.4 is 5.32 Å². The first-order valence-electron chi connectivity index (χ1n) is 10.4. The lowest BCUT2D eigenvalue weighted by molar-refractivity contribution is -0.141. The molecule has 5 nitrogen and oxygen atoms in total. The second kappa shape index (κ2) is 10.5. The van der Waals surface area contributed by atoms with Crippen molar-refractivity contribution in [2.75, 3.05) is 39.3 Å². The highest BCUT2D eigenvalue weighted by molar-refractivity contribution is 5.85. The molecule has 1 N–H and O–H groups in total. The zero-order chi connectivity index (χ0) is 17.6. The Morgan fingerprint density at radius 2 is 1.46 bits per heavy atom. The Hall–Kier alpha value is -0.810. The second-order valence-corrected chi connectivity index (χ2v) is 8.39. The van der Waals surface area contributed by atoms with Crippen molar-refractivity contribution in [2.24, 2.45) is 17.8 Å². The molecule has 3 saturated heterocycles. The molecular formula is C20H36ClN3O2. The van der Waals surface area contributed by atoms with Crippen LogP contribution in [0.15, 0.2) is 0 Å². The average Bonchev–Trinajstić information content (AvgIpc) is 2.67. The maximum Gasteiger partial charge on any atom is 0.225 e. The topological polar surface area (TPSA) is 52.7 Å². The van der Waals surface area contributed by atoms with E-state index in [2.05, 4.69) is 17.1 Å². The molecule has 0 spiro atoms. The number of halogens is 1. The summed E-state index contributed by atoms with van der Waals surface area (Å²) in [6.07, 6.45) is 8.11. The Balaban J connectivity index is 0.00000243. The molecule has 0 saturated carbocycles. The van der Waals surface area contributed by atoms with Crippen molar-refractivity contribution in [3.05, 3.63) is 0 Å². The first-order valence-corrected chi connectivity index (χ1v) is 10.4. The quantitative estimate of drug-likeness (QED) is 0.809. The highest BCUT2D eigenvalue weighted by Crippen LogP contribution is 2.25. The monoisotopic (exact) mass is 385 g/mol. The first kappa shape index (κ1) is 21.5. The van der Waals surface area contributed by atoms with Crippen molar-refractivity contribution >= 4 is 24.2 Å². The number of carbonyl (C=O) groups excluding carboxylic acids is 2. The Labute approximate surface area is 164 Å². The molecule has 3 fully saturated rings. The fourth-order valence-electron chi connectivity index (χ4n) is 4.52. The van der Waals surface area contributed by atoms with Gasteiger partial charge in [0.25, 0.3) is 0 Å². The van der Waals surface area contributed by atoms with Crippen molar-refractivity contribution in [3.63, 3.8) is 0 Å². The van der Waals surface area contributed by atoms with E-state index in [0.717, 1.165) is 77.3 Å². The SMILES string of the molecule is CC1CCN(C(=O)C2CCN(C(=O)CCC3CCNCC3)CC2)CC1.Cl. The molecule has 6 heteroatoms. The van der Waals surface area contributed by atoms with Crippen LogP contribution >= 0.6 is 12.4 Å². The fourth-order valence-corrected chi connectivity index (χ4v) is 4.52. The molecule has 0 bridgehead atoms. The van der Waals surface area contributed by atoms with Crippen molar-refractivity contribution < 1.29 is 9.59 Å². The third-order valence-electron chi connectivity index (χ3n) is 6.52. The molecule has 3 aliphatic heterocycles. The van der Waals surface area contributed by atoms with Gasteiger partial charge in [0, 0.05) is 38.5 Å². The molecule has 0 aromatic rings. The Morgan fingerprint density at radius 1 is 0.885 bits per heavy atom. The van der Waals surface area contributed by atoms with Crippen molar-refractivity contribution in [2.45, 2.75) is 58.3 Å². The summed E-state index contributed by atoms with van der Waals surface area (Å²) in [4.78, 5) is 29.2. The zero-order valence-electron chi connectivity index (χ0n) is 16.3. The molecule has 0 aromatic carbocycles. The number of nitrogens with one attached hydrogen (secondary N) is 1. The normalized spacial score (nSPS) is 23.6. The van der Waals surface area contributed by atoms with E-state index >= 15 is 0 Å². The summed E-state index contributed by atoms with van der Waals surface area (Å²) in [6.45, 7) is 7.86. The minimum absolute atomic E-state index is 0. The van der Waals surface area contributed by atoms with E-state index in [-0.39, 0.29) is 18.3 Å². The molecule has 3 heterocycles. The van der Waals surface area contributed by atoms with E-state index in [1.807, 2.05) is 4.90 Å². The molecule has 150 valence electrons. The van der Waals surface area contributed by atoms with Crippen LogP contribution in [-0.2, 0) is 9.59 Å². The van der Waals surface area contributed by atoms with Crippen LogP contribution in [0, 0.1) is 17.8 Å². The van der Waals surface area contributed by atoms with Gasteiger partial charge in [-0.15, -0.1) is 12.4 Å². The van der Waals surface area contributed by atoms with E-state index in [9.17, 15) is 9.59 Å². The predicted molar refractivity (Wildman–Crippen MR) is 106 cm³/mol. The lowest BCUT2D eigenvalue weighted by atomic mass is 9.91. The van der Waals surface area contributed by atoms with Crippen molar-refractivity contribution in [1.29, 1.82) is 0 Å². The number of hydrogen-bond donors (Lipinski definition) is 1. The summed E-state index contributed by atoms with van der Waals surface area (Å²) in [6, 6.07) is 0. The Kier molecular flexibility index (Phi) is 8.68. The predicted octanol–water partition coefficient (Wildman–Crippen LogP) is 2.69. The highest BCUT2D eigenvalue weighted by atomic mass is 35.5. The van der Waals surface area contributed by atoms with Gasteiger partial charge in [-0.1, -0.05) is 6.92 Å². The molecule has 3 aliphatic rings. The number of hydrogen-bond acceptors (Lipinski definition) is 3. The molecule has 26 heavy (non-hydrogen) atoms. The van der Waals surface area contributed by atoms with E-state index in [4.69, 9.17) is 0 Å². The maximum absolute atomic E-state index is 12.7. The van der Waals surface area contributed by atoms with E-state index < -0.39 is 0 Å². The largest absolute Gasteiger partial charge is 0.343 e. The number of amides is 2. The number of carbonyl (C=O) groups is 2. The van der Waals surface area contributed by atoms with Crippen LogP contribution in [0.1, 0.15) is 58.3 Å². The lowest BCUT2D eigenvalue weighted by Gasteiger charge is -2.37. The highest BCUT2D eigenvalue weighted by Gasteiger charge is 2.31. The van der Waals surface area contributed by atoms with Gasteiger partial charge in [0.1, 0.15) is 0 Å². The van der Waals surface area contributed by atoms with Gasteiger partial charge >= 0.3 is 0 Å². The summed E-state index contributed by atoms with van der Waals surface area (Å²) in [5, 5.41) is 3.38. The standard InChI is InChI=1S/C20H35N3O2.ClH/c1-16-6-12-23(13-7-16)20(25)18-8-14-22(15-9-18)19(24)3-2-17-4-10-21-11-5-17;/h16-18,21H,2-15H2,1H3;1H. The van der Waals surface area contributed by atoms with Crippen LogP contribution in [-0.4, -0.2) is 60.9 Å². The van der Waals surface area contributed by atoms with Gasteiger partial charge in [0.2, 0.25) is 11.8 Å². The molecule has 3 rings (SSSR count). The molecule has 2 amide bonds. The van der Waals surface area contributed by atoms with E-state index in [1.54, 1.807) is 0 Å². The van der Waals surface area contributed by atoms with Crippen LogP contribution in [0.5, 0.6) is 0 Å². The number of likely N-dealkylation sites (tertiary alicyclic amines) is 2. The third-order valence-corrected chi connectivity index (χ3v) is 6.52. The van der Waals surface area contributed by atoms with Gasteiger partial charge in [0.05, 0.1) is 0 Å². The van der Waals surface area contributed by atoms with Crippen molar-refractivity contribution in [3.8, 4) is 0 Å². The fraction of sp³-hybridized carbons (Fsp3) is 0.900. The van der Waals surface area contributed by atoms with E-state index in [1.165, 1.54) is 12.8 Å². The van der Waals surface area contributed by atoms with Crippen LogP contribution in [0.2, 0.25) is 0 Å². The summed E-state index contributed by atoms with van der Waals surface area (Å²) in [7, 11) is 0. The van der Waals surface area contributed by atoms with Gasteiger partial charge in [0.15, 0.2) is 0 Å². The molecule has 0 aromatic heterocycles. The Bertz CT molecular complexity index is 452. The summed E-state index contributed by atoms with van der Waals surface area (Å²) < 4.78 is 0. The lowest BCUT2D eigenvalue weighted by Crippen LogP contribution is -2.46. The second-order valence-electron chi connectivity index (χ2n) is 8.39. The molecule has 0 aliphatic carbocycles. The minimum atomic E-state index is 0. The molecule has 0 radical (unpaired) electrons. The van der Waals surface area contributed by atoms with Crippen LogP contribution in [0.3, 0.4) is 0 Å². The average molecular weight is 386 g/mol. The maximum atomic E-state index is 12.7. The molecule has 0 unspecified atom stereocenters. The number of rotatable bonds is 4. The zero-order valence-corrected chi connectivity index (χ0v) is 17.1. The minimum Gasteiger partial charge on any atom is -0.343 e. The van der Waals surface area contributed by atoms with Gasteiger partial charge in [-0.3, -0.25) is 9.59 Å². The van der Waals surface area contributed by atoms with Crippen molar-refractivity contribution in [1.82, 2.24) is 15.1 Å². The van der Waals surface area contributed by atoms with Gasteiger partial charge in [-0.05, 0) is 69.9 Å². The molecule has 0 atom stereocenters. The Morgan fingerprint density at radius 3 is 2.08 bits per heavy atom. The summed E-state index contributed by atoms with van der Waals surface area (Å²) in [5.74, 6) is 2.25. The summed E-state index contributed by atoms with van der Waals surface area (Å²) in [5.41, 5.74) is 0. The molecular weight excluding hydrogens is 350 g/mol. The summed E-state index contributed by atoms with van der Waals surface area (Å²) >= 11 is 0. The number of piperidine rings is 3. The van der Waals surface area contributed by atoms with Crippen LogP contribution in [0.25, 0.3) is 0 Å². The third kappa shape index (κ3) is 5.85.